The molecule has 0 atom stereocenters. The van der Waals surface area contributed by atoms with Crippen molar-refractivity contribution in [2.24, 2.45) is 0 Å². The van der Waals surface area contributed by atoms with E-state index in [9.17, 15) is 4.79 Å². The molecule has 0 saturated heterocycles. The Morgan fingerprint density at radius 3 is 2.83 bits per heavy atom. The van der Waals surface area contributed by atoms with Gasteiger partial charge in [0.1, 0.15) is 5.01 Å². The zero-order valence-electron chi connectivity index (χ0n) is 15.8. The van der Waals surface area contributed by atoms with Crippen LogP contribution in [-0.4, -0.2) is 34.8 Å². The smallest absolute Gasteiger partial charge is 0.258 e. The number of nitrogens with one attached hydrogen (secondary N) is 1. The summed E-state index contributed by atoms with van der Waals surface area (Å²) in [4.78, 5) is 16.5. The molecule has 2 heterocycles. The molecule has 1 aromatic carbocycles. The van der Waals surface area contributed by atoms with Crippen LogP contribution in [0.1, 0.15) is 16.3 Å². The van der Waals surface area contributed by atoms with E-state index in [2.05, 4.69) is 20.5 Å². The van der Waals surface area contributed by atoms with Crippen LogP contribution in [0.2, 0.25) is 5.02 Å². The third-order valence-corrected chi connectivity index (χ3v) is 6.13. The zero-order chi connectivity index (χ0) is 20.6. The van der Waals surface area contributed by atoms with Gasteiger partial charge in [0, 0.05) is 23.4 Å². The first kappa shape index (κ1) is 21.4. The fraction of sp³-hybridized carbons (Fsp3) is 0.263. The van der Waals surface area contributed by atoms with Gasteiger partial charge >= 0.3 is 0 Å². The number of amides is 1. The number of benzene rings is 1. The lowest BCUT2D eigenvalue weighted by atomic mass is 10.2. The van der Waals surface area contributed by atoms with Crippen LogP contribution in [0.3, 0.4) is 0 Å². The van der Waals surface area contributed by atoms with Crippen LogP contribution in [-0.2, 0) is 17.1 Å². The molecular formula is C19H19ClN4O3S2. The van der Waals surface area contributed by atoms with Gasteiger partial charge in [-0.25, -0.2) is 0 Å². The molecule has 152 valence electrons. The normalized spacial score (nSPS) is 10.6. The Bertz CT molecular complexity index is 984. The van der Waals surface area contributed by atoms with Crippen molar-refractivity contribution in [1.82, 2.24) is 20.5 Å². The second-order valence-electron chi connectivity index (χ2n) is 5.86. The third-order valence-electron chi connectivity index (χ3n) is 3.75. The topological polar surface area (TPSA) is 86.2 Å². The quantitative estimate of drug-likeness (QED) is 0.495. The molecule has 2 aromatic heterocycles. The molecule has 0 aliphatic carbocycles. The number of carbonyl (C=O) groups excluding carboxylic acids is 1. The summed E-state index contributed by atoms with van der Waals surface area (Å²) in [7, 11) is 1.53. The molecule has 0 saturated carbocycles. The molecule has 7 nitrogen and oxygen atoms in total. The molecule has 0 radical (unpaired) electrons. The standard InChI is InChI=1S/C19H19ClN4O3S2/c1-12-23-24-19(29-12)28-11-14-7-16(17(26-2)9-21-14)27-10-18(25)22-8-13-5-3-4-6-15(13)20/h3-7,9H,8,10-11H2,1-2H3,(H,22,25). The van der Waals surface area contributed by atoms with Crippen molar-refractivity contribution in [2.45, 2.75) is 23.6 Å². The van der Waals surface area contributed by atoms with E-state index >= 15 is 0 Å². The van der Waals surface area contributed by atoms with Crippen molar-refractivity contribution in [3.8, 4) is 11.5 Å². The van der Waals surface area contributed by atoms with Crippen LogP contribution in [0.25, 0.3) is 0 Å². The molecule has 0 fully saturated rings. The van der Waals surface area contributed by atoms with Gasteiger partial charge in [-0.15, -0.1) is 10.2 Å². The number of aromatic nitrogens is 3. The lowest BCUT2D eigenvalue weighted by Crippen LogP contribution is -2.28. The Balaban J connectivity index is 1.55. The van der Waals surface area contributed by atoms with E-state index in [1.807, 2.05) is 25.1 Å². The van der Waals surface area contributed by atoms with E-state index in [0.29, 0.717) is 28.8 Å². The van der Waals surface area contributed by atoms with Crippen LogP contribution in [0, 0.1) is 6.92 Å². The number of aryl methyl sites for hydroxylation is 1. The second-order valence-corrected chi connectivity index (χ2v) is 8.67. The molecule has 0 bridgehead atoms. The highest BCUT2D eigenvalue weighted by molar-refractivity contribution is 8.00. The minimum Gasteiger partial charge on any atom is -0.491 e. The number of hydrogen-bond acceptors (Lipinski definition) is 8. The summed E-state index contributed by atoms with van der Waals surface area (Å²) in [6, 6.07) is 9.12. The van der Waals surface area contributed by atoms with E-state index in [0.717, 1.165) is 20.6 Å². The number of rotatable bonds is 9. The minimum atomic E-state index is -0.260. The fourth-order valence-electron chi connectivity index (χ4n) is 2.31. The zero-order valence-corrected chi connectivity index (χ0v) is 18.2. The van der Waals surface area contributed by atoms with Gasteiger partial charge in [-0.1, -0.05) is 52.9 Å². The van der Waals surface area contributed by atoms with Crippen LogP contribution in [0.5, 0.6) is 11.5 Å². The van der Waals surface area contributed by atoms with Gasteiger partial charge in [0.05, 0.1) is 19.0 Å². The molecule has 3 rings (SSSR count). The SMILES string of the molecule is COc1cnc(CSc2nnc(C)s2)cc1OCC(=O)NCc1ccccc1Cl. The van der Waals surface area contributed by atoms with E-state index < -0.39 is 0 Å². The lowest BCUT2D eigenvalue weighted by Gasteiger charge is -2.12. The van der Waals surface area contributed by atoms with Crippen molar-refractivity contribution in [2.75, 3.05) is 13.7 Å². The number of halogens is 1. The number of nitrogens with zero attached hydrogens (tertiary/aromatic N) is 3. The van der Waals surface area contributed by atoms with Crippen molar-refractivity contribution in [3.63, 3.8) is 0 Å². The Labute approximate surface area is 181 Å². The molecule has 1 N–H and O–H groups in total. The molecule has 0 spiro atoms. The van der Waals surface area contributed by atoms with E-state index in [1.54, 1.807) is 30.1 Å². The van der Waals surface area contributed by atoms with E-state index in [1.165, 1.54) is 18.4 Å². The fourth-order valence-corrected chi connectivity index (χ4v) is 4.23. The lowest BCUT2D eigenvalue weighted by molar-refractivity contribution is -0.123. The molecule has 10 heteroatoms. The van der Waals surface area contributed by atoms with Gasteiger partial charge in [0.2, 0.25) is 0 Å². The van der Waals surface area contributed by atoms with Gasteiger partial charge < -0.3 is 14.8 Å². The highest BCUT2D eigenvalue weighted by atomic mass is 35.5. The van der Waals surface area contributed by atoms with Crippen LogP contribution < -0.4 is 14.8 Å². The number of carbonyl (C=O) groups is 1. The van der Waals surface area contributed by atoms with E-state index in [4.69, 9.17) is 21.1 Å². The van der Waals surface area contributed by atoms with Gasteiger partial charge in [-0.05, 0) is 18.6 Å². The molecular weight excluding hydrogens is 432 g/mol. The highest BCUT2D eigenvalue weighted by Crippen LogP contribution is 2.30. The Morgan fingerprint density at radius 2 is 2.10 bits per heavy atom. The molecule has 0 unspecified atom stereocenters. The summed E-state index contributed by atoms with van der Waals surface area (Å²) < 4.78 is 11.8. The predicted molar refractivity (Wildman–Crippen MR) is 114 cm³/mol. The highest BCUT2D eigenvalue weighted by Gasteiger charge is 2.11. The predicted octanol–water partition coefficient (Wildman–Crippen LogP) is 3.89. The summed E-state index contributed by atoms with van der Waals surface area (Å²) in [6.07, 6.45) is 1.58. The van der Waals surface area contributed by atoms with Crippen molar-refractivity contribution >= 4 is 40.6 Å². The summed E-state index contributed by atoms with van der Waals surface area (Å²) in [5.41, 5.74) is 1.63. The summed E-state index contributed by atoms with van der Waals surface area (Å²) >= 11 is 9.17. The van der Waals surface area contributed by atoms with Crippen LogP contribution >= 0.6 is 34.7 Å². The third kappa shape index (κ3) is 6.31. The number of thioether (sulfide) groups is 1. The Hall–Kier alpha value is -2.36. The van der Waals surface area contributed by atoms with Gasteiger partial charge in [-0.2, -0.15) is 0 Å². The van der Waals surface area contributed by atoms with Crippen molar-refractivity contribution < 1.29 is 14.3 Å². The van der Waals surface area contributed by atoms with Crippen LogP contribution in [0.15, 0.2) is 40.9 Å². The average Bonchev–Trinajstić information content (AvgIpc) is 3.15. The van der Waals surface area contributed by atoms with Gasteiger partial charge in [-0.3, -0.25) is 9.78 Å². The van der Waals surface area contributed by atoms with Crippen molar-refractivity contribution in [3.05, 3.63) is 57.8 Å². The number of ether oxygens (including phenoxy) is 2. The second kappa shape index (κ2) is 10.4. The summed E-state index contributed by atoms with van der Waals surface area (Å²) in [5.74, 6) is 1.26. The maximum absolute atomic E-state index is 12.1. The number of hydrogen-bond donors (Lipinski definition) is 1. The van der Waals surface area contributed by atoms with Crippen molar-refractivity contribution in [1.29, 1.82) is 0 Å². The first-order chi connectivity index (χ1) is 14.0. The van der Waals surface area contributed by atoms with Gasteiger partial charge in [0.15, 0.2) is 22.4 Å². The molecule has 0 aliphatic heterocycles. The average molecular weight is 451 g/mol. The number of methoxy groups -OCH3 is 1. The van der Waals surface area contributed by atoms with E-state index in [-0.39, 0.29) is 12.5 Å². The van der Waals surface area contributed by atoms with Crippen LogP contribution in [0.4, 0.5) is 0 Å². The molecule has 1 amide bonds. The summed E-state index contributed by atoms with van der Waals surface area (Å²) in [6.45, 7) is 2.10. The Kier molecular flexibility index (Phi) is 7.68. The largest absolute Gasteiger partial charge is 0.491 e. The maximum atomic E-state index is 12.1. The first-order valence-corrected chi connectivity index (χ1v) is 10.8. The molecule has 3 aromatic rings. The first-order valence-electron chi connectivity index (χ1n) is 8.64. The molecule has 0 aliphatic rings. The number of pyridine rings is 1. The minimum absolute atomic E-state index is 0.146. The van der Waals surface area contributed by atoms with Gasteiger partial charge in [0.25, 0.3) is 5.91 Å². The monoisotopic (exact) mass is 450 g/mol. The molecule has 29 heavy (non-hydrogen) atoms. The Morgan fingerprint density at radius 1 is 1.28 bits per heavy atom. The maximum Gasteiger partial charge on any atom is 0.258 e. The summed E-state index contributed by atoms with van der Waals surface area (Å²) in [5, 5.41) is 12.4.